The van der Waals surface area contributed by atoms with Gasteiger partial charge in [-0.3, -0.25) is 14.9 Å². The largest absolute Gasteiger partial charge is 0.465 e. The van der Waals surface area contributed by atoms with Crippen molar-refractivity contribution in [1.82, 2.24) is 15.2 Å². The van der Waals surface area contributed by atoms with Gasteiger partial charge in [-0.15, -0.1) is 11.3 Å². The maximum absolute atomic E-state index is 12.1. The van der Waals surface area contributed by atoms with Gasteiger partial charge in [-0.2, -0.15) is 0 Å². The fraction of sp³-hybridized carbons (Fsp3) is 0.269. The molecule has 0 aliphatic rings. The summed E-state index contributed by atoms with van der Waals surface area (Å²) in [5.74, 6) is -0.181. The van der Waals surface area contributed by atoms with E-state index >= 15 is 0 Å². The van der Waals surface area contributed by atoms with Crippen molar-refractivity contribution in [2.45, 2.75) is 32.6 Å². The van der Waals surface area contributed by atoms with Gasteiger partial charge in [0.05, 0.1) is 17.7 Å². The topological polar surface area (TPSA) is 124 Å². The monoisotopic (exact) mass is 507 g/mol. The Labute approximate surface area is 213 Å². The average molecular weight is 508 g/mol. The van der Waals surface area contributed by atoms with Gasteiger partial charge in [0, 0.05) is 31.5 Å². The second-order valence-electron chi connectivity index (χ2n) is 8.34. The Morgan fingerprint density at radius 1 is 0.972 bits per heavy atom. The number of carbonyl (C=O) groups is 3. The molecule has 0 aliphatic carbocycles. The molecule has 3 amide bonds. The molecule has 0 radical (unpaired) electrons. The molecule has 10 heteroatoms. The van der Waals surface area contributed by atoms with Gasteiger partial charge in [-0.25, -0.2) is 14.8 Å². The average Bonchev–Trinajstić information content (AvgIpc) is 3.22. The molecule has 9 nitrogen and oxygen atoms in total. The number of rotatable bonds is 10. The Morgan fingerprint density at radius 2 is 1.58 bits per heavy atom. The maximum Gasteiger partial charge on any atom is 0.409 e. The van der Waals surface area contributed by atoms with Gasteiger partial charge < -0.3 is 15.3 Å². The number of nitrogens with zero attached hydrogens (tertiary/aromatic N) is 3. The third-order valence-electron chi connectivity index (χ3n) is 5.30. The van der Waals surface area contributed by atoms with Crippen LogP contribution in [-0.2, 0) is 30.5 Å². The van der Waals surface area contributed by atoms with Crippen LogP contribution in [-0.4, -0.2) is 53.3 Å². The minimum absolute atomic E-state index is 0.0250. The van der Waals surface area contributed by atoms with E-state index in [2.05, 4.69) is 20.6 Å². The summed E-state index contributed by atoms with van der Waals surface area (Å²) in [5.41, 5.74) is 4.48. The molecule has 3 N–H and O–H groups in total. The Kier molecular flexibility index (Phi) is 9.29. The molecular weight excluding hydrogens is 478 g/mol. The number of carbonyl (C=O) groups excluding carboxylic acids is 2. The number of amides is 3. The minimum atomic E-state index is -1.16. The zero-order valence-electron chi connectivity index (χ0n) is 20.4. The van der Waals surface area contributed by atoms with Crippen LogP contribution in [0.5, 0.6) is 0 Å². The van der Waals surface area contributed by atoms with Gasteiger partial charge in [0.2, 0.25) is 5.91 Å². The second kappa shape index (κ2) is 12.6. The normalized spacial score (nSPS) is 10.9. The van der Waals surface area contributed by atoms with E-state index in [-0.39, 0.29) is 11.8 Å². The Morgan fingerprint density at radius 3 is 2.17 bits per heavy atom. The number of aliphatic imine (C=N–C) groups is 1. The summed E-state index contributed by atoms with van der Waals surface area (Å²) in [6, 6.07) is 15.2. The molecule has 3 aromatic rings. The molecule has 3 rings (SSSR count). The van der Waals surface area contributed by atoms with Crippen LogP contribution in [0.4, 0.5) is 15.6 Å². The highest BCUT2D eigenvalue weighted by molar-refractivity contribution is 7.15. The van der Waals surface area contributed by atoms with Crippen molar-refractivity contribution in [3.63, 3.8) is 0 Å². The van der Waals surface area contributed by atoms with Crippen molar-refractivity contribution in [1.29, 1.82) is 0 Å². The van der Waals surface area contributed by atoms with E-state index in [0.29, 0.717) is 22.8 Å². The molecule has 2 aromatic carbocycles. The number of aromatic nitrogens is 1. The number of hydrogen-bond acceptors (Lipinski definition) is 6. The van der Waals surface area contributed by atoms with Gasteiger partial charge in [0.1, 0.15) is 0 Å². The first-order chi connectivity index (χ1) is 17.2. The number of carboxylic acid groups (broad SMARTS) is 1. The van der Waals surface area contributed by atoms with Crippen LogP contribution in [0.1, 0.15) is 39.0 Å². The first-order valence-electron chi connectivity index (χ1n) is 11.4. The van der Waals surface area contributed by atoms with Crippen LogP contribution in [0.15, 0.2) is 53.5 Å². The molecule has 36 heavy (non-hydrogen) atoms. The van der Waals surface area contributed by atoms with Crippen LogP contribution in [0, 0.1) is 0 Å². The van der Waals surface area contributed by atoms with E-state index in [1.807, 2.05) is 48.5 Å². The number of anilines is 1. The smallest absolute Gasteiger partial charge is 0.409 e. The van der Waals surface area contributed by atoms with Gasteiger partial charge in [0.15, 0.2) is 5.13 Å². The first-order valence-corrected chi connectivity index (χ1v) is 12.2. The number of thiazole rings is 1. The number of hydrogen-bond donors (Lipinski definition) is 3. The van der Waals surface area contributed by atoms with Crippen LogP contribution < -0.4 is 10.6 Å². The molecule has 1 heterocycles. The summed E-state index contributed by atoms with van der Waals surface area (Å²) in [6.45, 7) is 1.47. The zero-order chi connectivity index (χ0) is 26.1. The van der Waals surface area contributed by atoms with Crippen molar-refractivity contribution in [3.05, 3.63) is 75.8 Å². The van der Waals surface area contributed by atoms with Gasteiger partial charge in [-0.05, 0) is 61.1 Å². The molecule has 0 aliphatic heterocycles. The molecule has 0 saturated heterocycles. The molecule has 0 spiro atoms. The van der Waals surface area contributed by atoms with Crippen LogP contribution in [0.2, 0.25) is 0 Å². The summed E-state index contributed by atoms with van der Waals surface area (Å²) in [6.07, 6.45) is 3.01. The van der Waals surface area contributed by atoms with E-state index in [0.717, 1.165) is 47.3 Å². The van der Waals surface area contributed by atoms with E-state index in [4.69, 9.17) is 5.11 Å². The van der Waals surface area contributed by atoms with E-state index in [9.17, 15) is 14.4 Å². The van der Waals surface area contributed by atoms with Crippen LogP contribution in [0.25, 0.3) is 0 Å². The Bertz CT molecular complexity index is 1230. The Hall–Kier alpha value is -4.05. The number of nitrogens with one attached hydrogen (secondary N) is 2. The Balaban J connectivity index is 1.65. The SMILES string of the molecule is CC(=O)Nc1nc(CCc2ccc(N=CNC(=O)O)cc2)c(CCc2ccc(C(=O)N(C)C)cc2)s1. The molecular formula is C26H29N5O4S. The fourth-order valence-corrected chi connectivity index (χ4v) is 4.54. The van der Waals surface area contributed by atoms with Gasteiger partial charge in [0.25, 0.3) is 5.91 Å². The van der Waals surface area contributed by atoms with Crippen molar-refractivity contribution in [2.24, 2.45) is 4.99 Å². The third-order valence-corrected chi connectivity index (χ3v) is 6.37. The quantitative estimate of drug-likeness (QED) is 0.279. The summed E-state index contributed by atoms with van der Waals surface area (Å²) in [5, 5.41) is 14.1. The molecule has 188 valence electrons. The predicted molar refractivity (Wildman–Crippen MR) is 141 cm³/mol. The maximum atomic E-state index is 12.1. The van der Waals surface area contributed by atoms with E-state index in [1.54, 1.807) is 19.0 Å². The van der Waals surface area contributed by atoms with E-state index < -0.39 is 6.09 Å². The van der Waals surface area contributed by atoms with Crippen molar-refractivity contribution in [3.8, 4) is 0 Å². The molecule has 0 saturated carbocycles. The zero-order valence-corrected chi connectivity index (χ0v) is 21.3. The number of aryl methyl sites for hydroxylation is 4. The third kappa shape index (κ3) is 8.02. The predicted octanol–water partition coefficient (Wildman–Crippen LogP) is 4.30. The standard InChI is InChI=1S/C26H29N5O4S/c1-17(32)29-25-30-22(14-8-19-6-12-21(13-7-19)27-16-28-26(34)35)23(36-25)15-9-18-4-10-20(11-5-18)24(33)31(2)3/h4-7,10-13,16H,8-9,14-15H2,1-3H3,(H,27,28)(H,34,35)(H,29,30,32). The molecule has 1 aromatic heterocycles. The summed E-state index contributed by atoms with van der Waals surface area (Å²) >= 11 is 1.49. The van der Waals surface area contributed by atoms with Gasteiger partial charge >= 0.3 is 6.09 Å². The highest BCUT2D eigenvalue weighted by Gasteiger charge is 2.13. The molecule has 0 fully saturated rings. The number of benzene rings is 2. The van der Waals surface area contributed by atoms with Crippen molar-refractivity contribution >= 4 is 46.4 Å². The minimum Gasteiger partial charge on any atom is -0.465 e. The van der Waals surface area contributed by atoms with Crippen LogP contribution in [0.3, 0.4) is 0 Å². The van der Waals surface area contributed by atoms with Crippen molar-refractivity contribution < 1.29 is 19.5 Å². The summed E-state index contributed by atoms with van der Waals surface area (Å²) < 4.78 is 0. The van der Waals surface area contributed by atoms with E-state index in [1.165, 1.54) is 18.3 Å². The highest BCUT2D eigenvalue weighted by Crippen LogP contribution is 2.26. The summed E-state index contributed by atoms with van der Waals surface area (Å²) in [7, 11) is 3.47. The second-order valence-corrected chi connectivity index (χ2v) is 9.42. The molecule has 0 unspecified atom stereocenters. The lowest BCUT2D eigenvalue weighted by atomic mass is 10.0. The first kappa shape index (κ1) is 26.6. The lowest BCUT2D eigenvalue weighted by molar-refractivity contribution is -0.114. The lowest BCUT2D eigenvalue weighted by Gasteiger charge is -2.10. The molecule has 0 atom stereocenters. The van der Waals surface area contributed by atoms with Crippen LogP contribution >= 0.6 is 11.3 Å². The van der Waals surface area contributed by atoms with Gasteiger partial charge in [-0.1, -0.05) is 24.3 Å². The molecule has 0 bridgehead atoms. The van der Waals surface area contributed by atoms with Crippen molar-refractivity contribution in [2.75, 3.05) is 19.4 Å². The fourth-order valence-electron chi connectivity index (χ4n) is 3.48. The lowest BCUT2D eigenvalue weighted by Crippen LogP contribution is -2.21. The highest BCUT2D eigenvalue weighted by atomic mass is 32.1. The summed E-state index contributed by atoms with van der Waals surface area (Å²) in [4.78, 5) is 45.5.